The Morgan fingerprint density at radius 2 is 1.76 bits per heavy atom. The number of nitrogens with one attached hydrogen (secondary N) is 1. The molecule has 1 N–H and O–H groups in total. The van der Waals surface area contributed by atoms with E-state index in [4.69, 9.17) is 9.47 Å². The maximum Gasteiger partial charge on any atom is 0.573 e. The van der Waals surface area contributed by atoms with Crippen LogP contribution in [0.3, 0.4) is 0 Å². The van der Waals surface area contributed by atoms with E-state index in [2.05, 4.69) is 10.1 Å². The van der Waals surface area contributed by atoms with E-state index >= 15 is 0 Å². The first-order chi connectivity index (χ1) is 15.7. The number of piperidine rings is 1. The van der Waals surface area contributed by atoms with Crippen molar-refractivity contribution < 1.29 is 37.0 Å². The van der Waals surface area contributed by atoms with Crippen LogP contribution in [-0.4, -0.2) is 49.1 Å². The van der Waals surface area contributed by atoms with Crippen LogP contribution in [-0.2, 0) is 11.3 Å². The number of halogens is 3. The lowest BCUT2D eigenvalue weighted by atomic mass is 10.0. The summed E-state index contributed by atoms with van der Waals surface area (Å²) in [6.45, 7) is 2.99. The Hall–Kier alpha value is -3.43. The summed E-state index contributed by atoms with van der Waals surface area (Å²) in [7, 11) is 0. The molecule has 3 rings (SSSR count). The highest BCUT2D eigenvalue weighted by Gasteiger charge is 2.31. The van der Waals surface area contributed by atoms with Gasteiger partial charge in [0.1, 0.15) is 17.6 Å². The molecule has 1 aliphatic heterocycles. The zero-order valence-electron chi connectivity index (χ0n) is 18.1. The Kier molecular flexibility index (Phi) is 8.02. The molecular formula is C23H25F3N2O5. The van der Waals surface area contributed by atoms with Gasteiger partial charge in [0, 0.05) is 44.1 Å². The normalized spacial score (nSPS) is 14.5. The second-order valence-electron chi connectivity index (χ2n) is 7.36. The topological polar surface area (TPSA) is 77.1 Å². The highest BCUT2D eigenvalue weighted by Crippen LogP contribution is 2.28. The molecule has 0 aliphatic carbocycles. The highest BCUT2D eigenvalue weighted by molar-refractivity contribution is 5.95. The van der Waals surface area contributed by atoms with E-state index in [9.17, 15) is 22.8 Å². The Bertz CT molecular complexity index is 959. The molecule has 10 heteroatoms. The highest BCUT2D eigenvalue weighted by atomic mass is 19.4. The number of carbonyl (C=O) groups is 2. The van der Waals surface area contributed by atoms with Crippen molar-refractivity contribution in [1.29, 1.82) is 0 Å². The molecule has 0 spiro atoms. The third-order valence-corrected chi connectivity index (χ3v) is 5.02. The molecule has 0 radical (unpaired) electrons. The molecule has 1 saturated heterocycles. The van der Waals surface area contributed by atoms with Crippen molar-refractivity contribution in [1.82, 2.24) is 10.2 Å². The van der Waals surface area contributed by atoms with Crippen LogP contribution in [0.15, 0.2) is 48.5 Å². The molecule has 7 nitrogen and oxygen atoms in total. The fraction of sp³-hybridized carbons (Fsp3) is 0.391. The number of nitrogens with zero attached hydrogens (tertiary/aromatic N) is 1. The van der Waals surface area contributed by atoms with Gasteiger partial charge >= 0.3 is 12.5 Å². The summed E-state index contributed by atoms with van der Waals surface area (Å²) in [6.07, 6.45) is -4.51. The van der Waals surface area contributed by atoms with E-state index in [0.717, 1.165) is 0 Å². The van der Waals surface area contributed by atoms with Crippen LogP contribution < -0.4 is 14.8 Å². The van der Waals surface area contributed by atoms with Gasteiger partial charge in [0.15, 0.2) is 0 Å². The summed E-state index contributed by atoms with van der Waals surface area (Å²) in [5, 5.41) is 2.62. The summed E-state index contributed by atoms with van der Waals surface area (Å²) < 4.78 is 51.8. The van der Waals surface area contributed by atoms with Crippen LogP contribution in [0.5, 0.6) is 11.5 Å². The zero-order chi connectivity index (χ0) is 23.8. The van der Waals surface area contributed by atoms with E-state index < -0.39 is 12.5 Å². The maximum atomic E-state index is 13.1. The number of rotatable bonds is 7. The van der Waals surface area contributed by atoms with Gasteiger partial charge in [0.05, 0.1) is 6.61 Å². The molecule has 0 atom stereocenters. The monoisotopic (exact) mass is 466 g/mol. The Labute approximate surface area is 189 Å². The number of carbonyl (C=O) groups excluding carboxylic acids is 2. The first-order valence-corrected chi connectivity index (χ1v) is 10.6. The minimum Gasteiger partial charge on any atom is -0.490 e. The van der Waals surface area contributed by atoms with Crippen molar-refractivity contribution in [3.8, 4) is 11.5 Å². The third-order valence-electron chi connectivity index (χ3n) is 5.02. The summed E-state index contributed by atoms with van der Waals surface area (Å²) >= 11 is 0. The molecule has 33 heavy (non-hydrogen) atoms. The number of hydrogen-bond acceptors (Lipinski definition) is 5. The standard InChI is InChI=1S/C23H25F3N2O5/c1-2-31-22(30)27-15-16-6-3-4-9-20(16)21(29)28-12-10-17(11-13-28)32-18-7-5-8-19(14-18)33-23(24,25)26/h3-9,14,17H,2,10-13,15H2,1H3,(H,27,30). The molecule has 2 aromatic carbocycles. The van der Waals surface area contributed by atoms with E-state index in [1.54, 1.807) is 42.2 Å². The lowest BCUT2D eigenvalue weighted by Gasteiger charge is -2.32. The Morgan fingerprint density at radius 1 is 1.06 bits per heavy atom. The lowest BCUT2D eigenvalue weighted by Crippen LogP contribution is -2.42. The molecule has 2 amide bonds. The van der Waals surface area contributed by atoms with Crippen molar-refractivity contribution in [3.05, 3.63) is 59.7 Å². The Balaban J connectivity index is 1.56. The third kappa shape index (κ3) is 7.30. The molecule has 1 heterocycles. The molecular weight excluding hydrogens is 441 g/mol. The summed E-state index contributed by atoms with van der Waals surface area (Å²) in [5.74, 6) is -0.229. The molecule has 0 bridgehead atoms. The number of likely N-dealkylation sites (tertiary alicyclic amines) is 1. The van der Waals surface area contributed by atoms with Gasteiger partial charge in [-0.3, -0.25) is 4.79 Å². The summed E-state index contributed by atoms with van der Waals surface area (Å²) in [4.78, 5) is 26.3. The molecule has 1 aliphatic rings. The molecule has 178 valence electrons. The molecule has 0 unspecified atom stereocenters. The number of alkyl carbamates (subject to hydrolysis) is 1. The fourth-order valence-electron chi connectivity index (χ4n) is 3.52. The van der Waals surface area contributed by atoms with E-state index in [1.165, 1.54) is 18.2 Å². The predicted molar refractivity (Wildman–Crippen MR) is 113 cm³/mol. The van der Waals surface area contributed by atoms with Gasteiger partial charge in [0.25, 0.3) is 5.91 Å². The number of amides is 2. The predicted octanol–water partition coefficient (Wildman–Crippen LogP) is 4.51. The van der Waals surface area contributed by atoms with Crippen LogP contribution in [0.25, 0.3) is 0 Å². The van der Waals surface area contributed by atoms with E-state index in [-0.39, 0.29) is 36.7 Å². The van der Waals surface area contributed by atoms with Crippen molar-refractivity contribution >= 4 is 12.0 Å². The number of alkyl halides is 3. The van der Waals surface area contributed by atoms with Crippen LogP contribution in [0, 0.1) is 0 Å². The number of benzene rings is 2. The zero-order valence-corrected chi connectivity index (χ0v) is 18.1. The second-order valence-corrected chi connectivity index (χ2v) is 7.36. The summed E-state index contributed by atoms with van der Waals surface area (Å²) in [6, 6.07) is 12.4. The first-order valence-electron chi connectivity index (χ1n) is 10.6. The average molecular weight is 466 g/mol. The molecule has 0 saturated carbocycles. The second kappa shape index (κ2) is 10.9. The SMILES string of the molecule is CCOC(=O)NCc1ccccc1C(=O)N1CCC(Oc2cccc(OC(F)(F)F)c2)CC1. The van der Waals surface area contributed by atoms with Crippen molar-refractivity contribution in [3.63, 3.8) is 0 Å². The van der Waals surface area contributed by atoms with Crippen LogP contribution in [0.2, 0.25) is 0 Å². The number of ether oxygens (including phenoxy) is 3. The first kappa shape index (κ1) is 24.2. The van der Waals surface area contributed by atoms with E-state index in [0.29, 0.717) is 37.1 Å². The van der Waals surface area contributed by atoms with Gasteiger partial charge in [0.2, 0.25) is 0 Å². The van der Waals surface area contributed by atoms with Gasteiger partial charge in [-0.05, 0) is 30.7 Å². The summed E-state index contributed by atoms with van der Waals surface area (Å²) in [5.41, 5.74) is 1.17. The quantitative estimate of drug-likeness (QED) is 0.650. The van der Waals surface area contributed by atoms with Gasteiger partial charge in [-0.15, -0.1) is 13.2 Å². The van der Waals surface area contributed by atoms with Gasteiger partial charge in [-0.25, -0.2) is 4.79 Å². The minimum atomic E-state index is -4.77. The van der Waals surface area contributed by atoms with Gasteiger partial charge < -0.3 is 24.4 Å². The minimum absolute atomic E-state index is 0.157. The van der Waals surface area contributed by atoms with Crippen molar-refractivity contribution in [2.45, 2.75) is 38.8 Å². The number of hydrogen-bond donors (Lipinski definition) is 1. The lowest BCUT2D eigenvalue weighted by molar-refractivity contribution is -0.274. The van der Waals surface area contributed by atoms with Crippen LogP contribution >= 0.6 is 0 Å². The molecule has 1 fully saturated rings. The molecule has 0 aromatic heterocycles. The largest absolute Gasteiger partial charge is 0.573 e. The van der Waals surface area contributed by atoms with E-state index in [1.807, 2.05) is 0 Å². The fourth-order valence-corrected chi connectivity index (χ4v) is 3.52. The van der Waals surface area contributed by atoms with Gasteiger partial charge in [-0.2, -0.15) is 0 Å². The Morgan fingerprint density at radius 3 is 2.45 bits per heavy atom. The average Bonchev–Trinajstić information content (AvgIpc) is 2.77. The van der Waals surface area contributed by atoms with Crippen molar-refractivity contribution in [2.75, 3.05) is 19.7 Å². The van der Waals surface area contributed by atoms with Crippen molar-refractivity contribution in [2.24, 2.45) is 0 Å². The molecule has 2 aromatic rings. The van der Waals surface area contributed by atoms with Crippen LogP contribution in [0.4, 0.5) is 18.0 Å². The maximum absolute atomic E-state index is 13.1. The van der Waals surface area contributed by atoms with Crippen LogP contribution in [0.1, 0.15) is 35.7 Å². The smallest absolute Gasteiger partial charge is 0.490 e. The van der Waals surface area contributed by atoms with Gasteiger partial charge in [-0.1, -0.05) is 24.3 Å².